The van der Waals surface area contributed by atoms with E-state index in [1.807, 2.05) is 0 Å². The van der Waals surface area contributed by atoms with Crippen LogP contribution in [0.4, 0.5) is 4.39 Å². The zero-order valence-corrected chi connectivity index (χ0v) is 10.1. The highest BCUT2D eigenvalue weighted by atomic mass is 79.9. The number of aromatic amines is 1. The van der Waals surface area contributed by atoms with Gasteiger partial charge in [0.25, 0.3) is 0 Å². The molecule has 1 aromatic heterocycles. The number of aliphatic hydroxyl groups excluding tert-OH is 1. The molecule has 16 heavy (non-hydrogen) atoms. The normalized spacial score (nSPS) is 12.8. The Morgan fingerprint density at radius 3 is 2.88 bits per heavy atom. The molecule has 4 nitrogen and oxygen atoms in total. The van der Waals surface area contributed by atoms with Crippen molar-refractivity contribution < 1.29 is 9.50 Å². The molecule has 0 saturated carbocycles. The zero-order chi connectivity index (χ0) is 11.7. The Balaban J connectivity index is 2.45. The monoisotopic (exact) mass is 305 g/mol. The van der Waals surface area contributed by atoms with Crippen molar-refractivity contribution in [2.75, 3.05) is 0 Å². The minimum Gasteiger partial charge on any atom is -0.380 e. The molecule has 0 aliphatic heterocycles. The van der Waals surface area contributed by atoms with Gasteiger partial charge >= 0.3 is 0 Å². The fraction of sp³-hybridized carbons (Fsp3) is 0.111. The van der Waals surface area contributed by atoms with E-state index in [-0.39, 0.29) is 16.4 Å². The Hall–Kier alpha value is -0.980. The van der Waals surface area contributed by atoms with Crippen LogP contribution in [0.25, 0.3) is 0 Å². The van der Waals surface area contributed by atoms with Crippen molar-refractivity contribution in [2.45, 2.75) is 6.10 Å². The smallest absolute Gasteiger partial charge is 0.157 e. The van der Waals surface area contributed by atoms with Crippen LogP contribution in [0.2, 0.25) is 5.02 Å². The lowest BCUT2D eigenvalue weighted by Crippen LogP contribution is -2.05. The highest BCUT2D eigenvalue weighted by molar-refractivity contribution is 9.10. The quantitative estimate of drug-likeness (QED) is 0.838. The van der Waals surface area contributed by atoms with E-state index in [2.05, 4.69) is 31.1 Å². The molecule has 1 unspecified atom stereocenters. The van der Waals surface area contributed by atoms with Crippen molar-refractivity contribution in [3.05, 3.63) is 45.2 Å². The Morgan fingerprint density at radius 1 is 1.50 bits per heavy atom. The highest BCUT2D eigenvalue weighted by Crippen LogP contribution is 2.31. The number of aliphatic hydroxyl groups is 1. The number of nitrogens with one attached hydrogen (secondary N) is 1. The van der Waals surface area contributed by atoms with Crippen molar-refractivity contribution >= 4 is 27.5 Å². The van der Waals surface area contributed by atoms with Gasteiger partial charge < -0.3 is 5.11 Å². The second-order valence-corrected chi connectivity index (χ2v) is 4.27. The average molecular weight is 307 g/mol. The van der Waals surface area contributed by atoms with Gasteiger partial charge in [-0.3, -0.25) is 5.10 Å². The van der Waals surface area contributed by atoms with Gasteiger partial charge in [-0.15, -0.1) is 0 Å². The summed E-state index contributed by atoms with van der Waals surface area (Å²) in [5.41, 5.74) is 0.0463. The molecule has 1 heterocycles. The van der Waals surface area contributed by atoms with E-state index >= 15 is 0 Å². The molecule has 2 aromatic rings. The van der Waals surface area contributed by atoms with Gasteiger partial charge in [-0.1, -0.05) is 17.7 Å². The predicted octanol–water partition coefficient (Wildman–Crippen LogP) is 2.44. The number of hydrogen-bond acceptors (Lipinski definition) is 3. The molecule has 0 saturated heterocycles. The molecule has 0 bridgehead atoms. The molecule has 0 spiro atoms. The van der Waals surface area contributed by atoms with Crippen molar-refractivity contribution in [3.63, 3.8) is 0 Å². The van der Waals surface area contributed by atoms with Crippen LogP contribution in [-0.4, -0.2) is 20.3 Å². The second kappa shape index (κ2) is 4.48. The Bertz CT molecular complexity index is 506. The summed E-state index contributed by atoms with van der Waals surface area (Å²) in [6.07, 6.45) is 0.0183. The van der Waals surface area contributed by atoms with Gasteiger partial charge in [0, 0.05) is 10.0 Å². The summed E-state index contributed by atoms with van der Waals surface area (Å²) in [6, 6.07) is 2.98. The number of hydrogen-bond donors (Lipinski definition) is 2. The van der Waals surface area contributed by atoms with Crippen molar-refractivity contribution in [2.24, 2.45) is 0 Å². The Morgan fingerprint density at radius 2 is 2.25 bits per heavy atom. The minimum atomic E-state index is -1.21. The van der Waals surface area contributed by atoms with E-state index in [0.717, 1.165) is 0 Å². The van der Waals surface area contributed by atoms with Crippen LogP contribution < -0.4 is 0 Å². The minimum absolute atomic E-state index is 0.0463. The lowest BCUT2D eigenvalue weighted by Gasteiger charge is -2.10. The van der Waals surface area contributed by atoms with Crippen LogP contribution in [0, 0.1) is 5.82 Å². The van der Waals surface area contributed by atoms with Crippen LogP contribution in [-0.2, 0) is 0 Å². The molecule has 2 rings (SSSR count). The van der Waals surface area contributed by atoms with Crippen molar-refractivity contribution in [1.82, 2.24) is 15.2 Å². The number of benzene rings is 1. The maximum Gasteiger partial charge on any atom is 0.157 e. The third-order valence-electron chi connectivity index (χ3n) is 2.05. The fourth-order valence-corrected chi connectivity index (χ4v) is 1.72. The summed E-state index contributed by atoms with van der Waals surface area (Å²) in [5, 5.41) is 15.8. The molecular weight excluding hydrogens is 300 g/mol. The van der Waals surface area contributed by atoms with E-state index in [1.54, 1.807) is 6.07 Å². The molecule has 0 aliphatic rings. The van der Waals surface area contributed by atoms with Gasteiger partial charge in [-0.25, -0.2) is 9.37 Å². The number of rotatable bonds is 2. The topological polar surface area (TPSA) is 61.8 Å². The highest BCUT2D eigenvalue weighted by Gasteiger charge is 2.20. The molecular formula is C9H6BrClFN3O. The van der Waals surface area contributed by atoms with E-state index in [4.69, 9.17) is 11.6 Å². The third kappa shape index (κ3) is 1.95. The first-order valence-corrected chi connectivity index (χ1v) is 5.45. The van der Waals surface area contributed by atoms with Gasteiger partial charge in [0.05, 0.1) is 5.02 Å². The first-order valence-electron chi connectivity index (χ1n) is 4.28. The van der Waals surface area contributed by atoms with Gasteiger partial charge in [0.15, 0.2) is 5.82 Å². The molecule has 0 radical (unpaired) electrons. The van der Waals surface area contributed by atoms with Crippen LogP contribution in [0.3, 0.4) is 0 Å². The maximum absolute atomic E-state index is 13.7. The largest absolute Gasteiger partial charge is 0.380 e. The first kappa shape index (κ1) is 11.5. The van der Waals surface area contributed by atoms with Crippen LogP contribution in [0.15, 0.2) is 22.9 Å². The number of halogens is 3. The predicted molar refractivity (Wildman–Crippen MR) is 59.6 cm³/mol. The van der Waals surface area contributed by atoms with Crippen molar-refractivity contribution in [3.8, 4) is 0 Å². The third-order valence-corrected chi connectivity index (χ3v) is 3.31. The van der Waals surface area contributed by atoms with Gasteiger partial charge in [0.1, 0.15) is 18.2 Å². The molecule has 0 aliphatic carbocycles. The van der Waals surface area contributed by atoms with Crippen LogP contribution >= 0.6 is 27.5 Å². The zero-order valence-electron chi connectivity index (χ0n) is 7.78. The molecule has 0 amide bonds. The van der Waals surface area contributed by atoms with E-state index in [1.165, 1.54) is 12.4 Å². The van der Waals surface area contributed by atoms with Gasteiger partial charge in [-0.2, -0.15) is 5.10 Å². The summed E-state index contributed by atoms with van der Waals surface area (Å²) in [6.45, 7) is 0. The van der Waals surface area contributed by atoms with Gasteiger partial charge in [-0.05, 0) is 22.0 Å². The summed E-state index contributed by atoms with van der Waals surface area (Å²) in [4.78, 5) is 3.75. The number of nitrogens with zero attached hydrogens (tertiary/aromatic N) is 2. The average Bonchev–Trinajstić information content (AvgIpc) is 2.79. The number of aromatic nitrogens is 3. The number of H-pyrrole nitrogens is 1. The molecule has 84 valence electrons. The van der Waals surface area contributed by atoms with Crippen molar-refractivity contribution in [1.29, 1.82) is 0 Å². The molecule has 1 atom stereocenters. The van der Waals surface area contributed by atoms with E-state index in [9.17, 15) is 9.50 Å². The second-order valence-electron chi connectivity index (χ2n) is 3.04. The maximum atomic E-state index is 13.7. The summed E-state index contributed by atoms with van der Waals surface area (Å²) < 4.78 is 14.2. The molecule has 7 heteroatoms. The summed E-state index contributed by atoms with van der Waals surface area (Å²) in [5.74, 6) is -0.516. The molecule has 2 N–H and O–H groups in total. The van der Waals surface area contributed by atoms with Crippen LogP contribution in [0.1, 0.15) is 17.5 Å². The van der Waals surface area contributed by atoms with Crippen LogP contribution in [0.5, 0.6) is 0 Å². The lowest BCUT2D eigenvalue weighted by atomic mass is 10.1. The lowest BCUT2D eigenvalue weighted by molar-refractivity contribution is 0.205. The summed E-state index contributed by atoms with van der Waals surface area (Å²) in [7, 11) is 0. The molecule has 1 aromatic carbocycles. The fourth-order valence-electron chi connectivity index (χ4n) is 1.25. The Labute approximate surface area is 104 Å². The first-order chi connectivity index (χ1) is 7.61. The summed E-state index contributed by atoms with van der Waals surface area (Å²) >= 11 is 8.80. The van der Waals surface area contributed by atoms with Gasteiger partial charge in [0.2, 0.25) is 0 Å². The SMILES string of the molecule is OC(c1ncn[nH]1)c1ccc(Br)c(Cl)c1F. The Kier molecular flexibility index (Phi) is 3.22. The standard InChI is InChI=1S/C9H6BrClFN3O/c10-5-2-1-4(7(12)6(5)11)8(16)9-13-3-14-15-9/h1-3,8,16H,(H,13,14,15). The van der Waals surface area contributed by atoms with E-state index in [0.29, 0.717) is 4.47 Å². The van der Waals surface area contributed by atoms with E-state index < -0.39 is 11.9 Å². The molecule has 0 fully saturated rings.